The van der Waals surface area contributed by atoms with Crippen molar-refractivity contribution in [1.29, 1.82) is 0 Å². The molecule has 0 bridgehead atoms. The fraction of sp³-hybridized carbons (Fsp3) is 0.286. The molecule has 1 N–H and O–H groups in total. The van der Waals surface area contributed by atoms with Gasteiger partial charge in [-0.25, -0.2) is 9.97 Å². The fourth-order valence-electron chi connectivity index (χ4n) is 1.79. The Morgan fingerprint density at radius 1 is 1.12 bits per heavy atom. The topological polar surface area (TPSA) is 37.8 Å². The van der Waals surface area contributed by atoms with Crippen molar-refractivity contribution in [3.8, 4) is 0 Å². The monoisotopic (exact) mass is 227 g/mol. The smallest absolute Gasteiger partial charge is 0.115 e. The molecule has 0 amide bonds. The van der Waals surface area contributed by atoms with Crippen LogP contribution in [0.2, 0.25) is 0 Å². The molecule has 0 saturated heterocycles. The van der Waals surface area contributed by atoms with Crippen molar-refractivity contribution in [3.63, 3.8) is 0 Å². The number of aromatic nitrogens is 2. The van der Waals surface area contributed by atoms with E-state index in [-0.39, 0.29) is 0 Å². The summed E-state index contributed by atoms with van der Waals surface area (Å²) in [6, 6.07) is 8.46. The summed E-state index contributed by atoms with van der Waals surface area (Å²) < 4.78 is 0. The van der Waals surface area contributed by atoms with Gasteiger partial charge in [-0.3, -0.25) is 0 Å². The quantitative estimate of drug-likeness (QED) is 0.871. The number of nitrogens with one attached hydrogen (secondary N) is 1. The molecule has 17 heavy (non-hydrogen) atoms. The molecule has 1 aromatic heterocycles. The summed E-state index contributed by atoms with van der Waals surface area (Å²) in [4.78, 5) is 8.07. The summed E-state index contributed by atoms with van der Waals surface area (Å²) in [5.41, 5.74) is 5.00. The van der Waals surface area contributed by atoms with Crippen LogP contribution in [0, 0.1) is 13.8 Å². The number of nitrogens with zero attached hydrogens (tertiary/aromatic N) is 2. The van der Waals surface area contributed by atoms with Crippen molar-refractivity contribution < 1.29 is 0 Å². The third kappa shape index (κ3) is 3.36. The van der Waals surface area contributed by atoms with Crippen LogP contribution in [0.15, 0.2) is 36.8 Å². The second-order valence-corrected chi connectivity index (χ2v) is 4.23. The fourth-order valence-corrected chi connectivity index (χ4v) is 1.79. The van der Waals surface area contributed by atoms with Crippen LogP contribution in [0.3, 0.4) is 0 Å². The van der Waals surface area contributed by atoms with E-state index in [0.29, 0.717) is 0 Å². The highest BCUT2D eigenvalue weighted by Gasteiger charge is 1.98. The van der Waals surface area contributed by atoms with E-state index in [9.17, 15) is 0 Å². The predicted octanol–water partition coefficient (Wildman–Crippen LogP) is 2.38. The van der Waals surface area contributed by atoms with Gasteiger partial charge in [0.2, 0.25) is 0 Å². The summed E-state index contributed by atoms with van der Waals surface area (Å²) >= 11 is 0. The molecule has 0 aliphatic rings. The molecule has 0 unspecified atom stereocenters. The maximum atomic E-state index is 4.17. The molecule has 2 aromatic rings. The maximum absolute atomic E-state index is 4.17. The van der Waals surface area contributed by atoms with Gasteiger partial charge in [0.05, 0.1) is 5.69 Å². The lowest BCUT2D eigenvalue weighted by Gasteiger charge is -2.08. The molecule has 3 nitrogen and oxygen atoms in total. The molecule has 0 spiro atoms. The zero-order chi connectivity index (χ0) is 12.1. The average Bonchev–Trinajstić information content (AvgIpc) is 2.33. The Morgan fingerprint density at radius 3 is 2.71 bits per heavy atom. The molecular formula is C14H17N3. The molecule has 1 aromatic carbocycles. The lowest BCUT2D eigenvalue weighted by Crippen LogP contribution is -2.14. The molecule has 2 rings (SSSR count). The minimum Gasteiger partial charge on any atom is -0.307 e. The highest BCUT2D eigenvalue weighted by Crippen LogP contribution is 2.10. The Labute approximate surface area is 102 Å². The molecule has 1 heterocycles. The standard InChI is InChI=1S/C14H17N3/c1-11-3-4-13(12(2)7-11)8-16-9-14-5-6-15-10-17-14/h3-7,10,16H,8-9H2,1-2H3. The Hall–Kier alpha value is -1.74. The first-order valence-electron chi connectivity index (χ1n) is 5.77. The number of hydrogen-bond donors (Lipinski definition) is 1. The van der Waals surface area contributed by atoms with Crippen LogP contribution < -0.4 is 5.32 Å². The largest absolute Gasteiger partial charge is 0.307 e. The van der Waals surface area contributed by atoms with Crippen molar-refractivity contribution in [3.05, 3.63) is 59.2 Å². The van der Waals surface area contributed by atoms with Crippen molar-refractivity contribution in [2.24, 2.45) is 0 Å². The summed E-state index contributed by atoms with van der Waals surface area (Å²) in [7, 11) is 0. The average molecular weight is 227 g/mol. The predicted molar refractivity (Wildman–Crippen MR) is 68.5 cm³/mol. The summed E-state index contributed by atoms with van der Waals surface area (Å²) in [5.74, 6) is 0. The van der Waals surface area contributed by atoms with Gasteiger partial charge >= 0.3 is 0 Å². The van der Waals surface area contributed by atoms with E-state index in [1.165, 1.54) is 16.7 Å². The van der Waals surface area contributed by atoms with E-state index in [0.717, 1.165) is 18.8 Å². The molecule has 0 fully saturated rings. The molecule has 88 valence electrons. The Balaban J connectivity index is 1.90. The van der Waals surface area contributed by atoms with Gasteiger partial charge in [-0.15, -0.1) is 0 Å². The molecule has 0 radical (unpaired) electrons. The van der Waals surface area contributed by atoms with Gasteiger partial charge in [0, 0.05) is 19.3 Å². The SMILES string of the molecule is Cc1ccc(CNCc2ccncn2)c(C)c1. The van der Waals surface area contributed by atoms with E-state index >= 15 is 0 Å². The summed E-state index contributed by atoms with van der Waals surface area (Å²) in [5, 5.41) is 3.39. The minimum atomic E-state index is 0.774. The first-order chi connectivity index (χ1) is 8.25. The number of hydrogen-bond acceptors (Lipinski definition) is 3. The molecule has 0 saturated carbocycles. The second-order valence-electron chi connectivity index (χ2n) is 4.23. The van der Waals surface area contributed by atoms with Crippen molar-refractivity contribution in [1.82, 2.24) is 15.3 Å². The lowest BCUT2D eigenvalue weighted by molar-refractivity contribution is 0.675. The maximum Gasteiger partial charge on any atom is 0.115 e. The number of aryl methyl sites for hydroxylation is 2. The van der Waals surface area contributed by atoms with Gasteiger partial charge in [-0.1, -0.05) is 23.8 Å². The molecule has 0 aliphatic carbocycles. The molecule has 0 aliphatic heterocycles. The number of benzene rings is 1. The first-order valence-corrected chi connectivity index (χ1v) is 5.77. The van der Waals surface area contributed by atoms with E-state index < -0.39 is 0 Å². The Morgan fingerprint density at radius 2 is 2.00 bits per heavy atom. The normalized spacial score (nSPS) is 10.5. The van der Waals surface area contributed by atoms with Gasteiger partial charge < -0.3 is 5.32 Å². The molecular weight excluding hydrogens is 210 g/mol. The van der Waals surface area contributed by atoms with Gasteiger partial charge in [0.15, 0.2) is 0 Å². The van der Waals surface area contributed by atoms with Crippen LogP contribution in [0.4, 0.5) is 0 Å². The van der Waals surface area contributed by atoms with Crippen LogP contribution in [-0.2, 0) is 13.1 Å². The first kappa shape index (κ1) is 11.7. The van der Waals surface area contributed by atoms with E-state index in [1.54, 1.807) is 12.5 Å². The van der Waals surface area contributed by atoms with Gasteiger partial charge in [-0.05, 0) is 31.0 Å². The van der Waals surface area contributed by atoms with Crippen LogP contribution in [-0.4, -0.2) is 9.97 Å². The van der Waals surface area contributed by atoms with Crippen LogP contribution >= 0.6 is 0 Å². The lowest BCUT2D eigenvalue weighted by atomic mass is 10.1. The second kappa shape index (κ2) is 5.55. The zero-order valence-electron chi connectivity index (χ0n) is 10.3. The van der Waals surface area contributed by atoms with Crippen molar-refractivity contribution in [2.75, 3.05) is 0 Å². The molecule has 0 atom stereocenters. The van der Waals surface area contributed by atoms with E-state index in [1.807, 2.05) is 6.07 Å². The van der Waals surface area contributed by atoms with Crippen molar-refractivity contribution in [2.45, 2.75) is 26.9 Å². The number of rotatable bonds is 4. The van der Waals surface area contributed by atoms with Gasteiger partial charge in [0.25, 0.3) is 0 Å². The molecule has 3 heteroatoms. The van der Waals surface area contributed by atoms with Gasteiger partial charge in [0.1, 0.15) is 6.33 Å². The summed E-state index contributed by atoms with van der Waals surface area (Å²) in [6.07, 6.45) is 3.34. The minimum absolute atomic E-state index is 0.774. The van der Waals surface area contributed by atoms with Crippen molar-refractivity contribution >= 4 is 0 Å². The van der Waals surface area contributed by atoms with E-state index in [4.69, 9.17) is 0 Å². The van der Waals surface area contributed by atoms with E-state index in [2.05, 4.69) is 47.3 Å². The summed E-state index contributed by atoms with van der Waals surface area (Å²) in [6.45, 7) is 5.91. The van der Waals surface area contributed by atoms with Crippen LogP contribution in [0.1, 0.15) is 22.4 Å². The van der Waals surface area contributed by atoms with Gasteiger partial charge in [-0.2, -0.15) is 0 Å². The third-order valence-corrected chi connectivity index (χ3v) is 2.76. The highest BCUT2D eigenvalue weighted by molar-refractivity contribution is 5.30. The Kier molecular flexibility index (Phi) is 3.83. The van der Waals surface area contributed by atoms with Crippen LogP contribution in [0.5, 0.6) is 0 Å². The van der Waals surface area contributed by atoms with Crippen LogP contribution in [0.25, 0.3) is 0 Å². The zero-order valence-corrected chi connectivity index (χ0v) is 10.3. The Bertz CT molecular complexity index is 480. The highest BCUT2D eigenvalue weighted by atomic mass is 14.9. The third-order valence-electron chi connectivity index (χ3n) is 2.76.